The number of hydrogen-bond acceptors (Lipinski definition) is 6. The van der Waals surface area contributed by atoms with Crippen LogP contribution in [0.15, 0.2) is 18.2 Å². The highest BCUT2D eigenvalue weighted by Gasteiger charge is 2.20. The fourth-order valence-corrected chi connectivity index (χ4v) is 1.59. The number of amides is 1. The molecule has 8 heteroatoms. The predicted octanol–water partition coefficient (Wildman–Crippen LogP) is 1.15. The lowest BCUT2D eigenvalue weighted by molar-refractivity contribution is -0.385. The van der Waals surface area contributed by atoms with E-state index in [1.807, 2.05) is 5.92 Å². The van der Waals surface area contributed by atoms with Gasteiger partial charge in [0.2, 0.25) is 5.91 Å². The van der Waals surface area contributed by atoms with E-state index in [1.54, 1.807) is 6.92 Å². The minimum Gasteiger partial charge on any atom is -0.456 e. The van der Waals surface area contributed by atoms with Crippen LogP contribution in [0.4, 0.5) is 11.4 Å². The zero-order chi connectivity index (χ0) is 16.7. The number of nitro benzene ring substituents is 1. The van der Waals surface area contributed by atoms with Crippen LogP contribution >= 0.6 is 0 Å². The molecule has 2 N–H and O–H groups in total. The van der Waals surface area contributed by atoms with Crippen molar-refractivity contribution in [3.8, 4) is 11.8 Å². The summed E-state index contributed by atoms with van der Waals surface area (Å²) < 4.78 is 4.56. The number of nitrogens with zero attached hydrogens (tertiary/aromatic N) is 1. The molecule has 0 fully saturated rings. The van der Waals surface area contributed by atoms with Gasteiger partial charge in [0.05, 0.1) is 17.1 Å². The molecule has 1 aromatic carbocycles. The first-order chi connectivity index (χ1) is 10.3. The number of benzene rings is 1. The molecular weight excluding hydrogens is 292 g/mol. The third-order valence-electron chi connectivity index (χ3n) is 2.43. The van der Waals surface area contributed by atoms with Crippen molar-refractivity contribution < 1.29 is 24.4 Å². The van der Waals surface area contributed by atoms with Gasteiger partial charge in [-0.05, 0) is 19.1 Å². The smallest absolute Gasteiger partial charge is 0.384 e. The summed E-state index contributed by atoms with van der Waals surface area (Å²) in [6.45, 7) is 3.00. The molecule has 116 valence electrons. The van der Waals surface area contributed by atoms with E-state index in [1.165, 1.54) is 19.1 Å². The number of ether oxygens (including phenoxy) is 1. The number of aliphatic hydroxyl groups is 1. The van der Waals surface area contributed by atoms with Crippen molar-refractivity contribution in [3.63, 3.8) is 0 Å². The Morgan fingerprint density at radius 1 is 1.50 bits per heavy atom. The summed E-state index contributed by atoms with van der Waals surface area (Å²) in [6.07, 6.45) is -1.53. The molecule has 1 unspecified atom stereocenters. The Hall–Kier alpha value is -2.92. The number of carbonyl (C=O) groups excluding carboxylic acids is 2. The lowest BCUT2D eigenvalue weighted by Crippen LogP contribution is -2.08. The number of hydrogen-bond donors (Lipinski definition) is 2. The Kier molecular flexibility index (Phi) is 6.04. The van der Waals surface area contributed by atoms with Gasteiger partial charge in [-0.1, -0.05) is 5.92 Å². The lowest BCUT2D eigenvalue weighted by Gasteiger charge is -2.07. The fourth-order valence-electron chi connectivity index (χ4n) is 1.59. The van der Waals surface area contributed by atoms with Crippen LogP contribution < -0.4 is 5.32 Å². The lowest BCUT2D eigenvalue weighted by atomic mass is 10.1. The third-order valence-corrected chi connectivity index (χ3v) is 2.43. The van der Waals surface area contributed by atoms with Crippen LogP contribution in [0.25, 0.3) is 0 Å². The summed E-state index contributed by atoms with van der Waals surface area (Å²) in [6, 6.07) is 3.75. The summed E-state index contributed by atoms with van der Waals surface area (Å²) in [5.74, 6) is 3.00. The molecule has 0 aliphatic heterocycles. The molecule has 1 rings (SSSR count). The van der Waals surface area contributed by atoms with Crippen LogP contribution in [-0.2, 0) is 14.3 Å². The van der Waals surface area contributed by atoms with Crippen LogP contribution in [0.5, 0.6) is 0 Å². The topological polar surface area (TPSA) is 119 Å². The molecule has 0 bridgehead atoms. The molecule has 0 aliphatic carbocycles. The number of aliphatic hydroxyl groups excluding tert-OH is 1. The van der Waals surface area contributed by atoms with Gasteiger partial charge in [0, 0.05) is 24.6 Å². The third kappa shape index (κ3) is 4.88. The summed E-state index contributed by atoms with van der Waals surface area (Å²) >= 11 is 0. The van der Waals surface area contributed by atoms with Gasteiger partial charge in [-0.15, -0.1) is 0 Å². The number of rotatable bonds is 4. The van der Waals surface area contributed by atoms with Crippen molar-refractivity contribution in [3.05, 3.63) is 33.9 Å². The monoisotopic (exact) mass is 306 g/mol. The normalized spacial score (nSPS) is 10.9. The molecule has 0 saturated carbocycles. The van der Waals surface area contributed by atoms with Crippen molar-refractivity contribution in [1.82, 2.24) is 0 Å². The van der Waals surface area contributed by atoms with Gasteiger partial charge in [-0.2, -0.15) is 0 Å². The molecular formula is C14H14N2O6. The highest BCUT2D eigenvalue weighted by Crippen LogP contribution is 2.28. The standard InChI is InChI=1S/C14H14N2O6/c1-3-22-14(19)7-6-13(18)11-5-4-10(15-9(2)17)8-12(11)16(20)21/h4-5,8,13,18H,3H2,1-2H3,(H,15,17). The van der Waals surface area contributed by atoms with Crippen molar-refractivity contribution in [2.75, 3.05) is 11.9 Å². The van der Waals surface area contributed by atoms with E-state index in [0.29, 0.717) is 0 Å². The average molecular weight is 306 g/mol. The molecule has 0 radical (unpaired) electrons. The van der Waals surface area contributed by atoms with E-state index in [9.17, 15) is 24.8 Å². The molecule has 1 aromatic rings. The van der Waals surface area contributed by atoms with Crippen LogP contribution in [0, 0.1) is 22.0 Å². The van der Waals surface area contributed by atoms with Crippen molar-refractivity contribution in [2.45, 2.75) is 20.0 Å². The number of nitro groups is 1. The number of esters is 1. The summed E-state index contributed by atoms with van der Waals surface area (Å²) in [5.41, 5.74) is -0.290. The molecule has 22 heavy (non-hydrogen) atoms. The first kappa shape index (κ1) is 17.1. The van der Waals surface area contributed by atoms with E-state index >= 15 is 0 Å². The second-order valence-electron chi connectivity index (χ2n) is 4.10. The Morgan fingerprint density at radius 2 is 2.18 bits per heavy atom. The van der Waals surface area contributed by atoms with Crippen molar-refractivity contribution in [1.29, 1.82) is 0 Å². The average Bonchev–Trinajstić information content (AvgIpc) is 2.44. The highest BCUT2D eigenvalue weighted by molar-refractivity contribution is 5.89. The van der Waals surface area contributed by atoms with E-state index in [4.69, 9.17) is 0 Å². The minimum absolute atomic E-state index is 0.0871. The maximum absolute atomic E-state index is 11.1. The van der Waals surface area contributed by atoms with Gasteiger partial charge >= 0.3 is 5.97 Å². The Balaban J connectivity index is 3.10. The zero-order valence-corrected chi connectivity index (χ0v) is 12.0. The number of anilines is 1. The van der Waals surface area contributed by atoms with E-state index in [0.717, 1.165) is 6.07 Å². The molecule has 8 nitrogen and oxygen atoms in total. The zero-order valence-electron chi connectivity index (χ0n) is 12.0. The maximum Gasteiger partial charge on any atom is 0.384 e. The SMILES string of the molecule is CCOC(=O)C#CC(O)c1ccc(NC(C)=O)cc1[N+](=O)[O-]. The van der Waals surface area contributed by atoms with E-state index in [-0.39, 0.29) is 23.8 Å². The van der Waals surface area contributed by atoms with E-state index in [2.05, 4.69) is 16.0 Å². The second kappa shape index (κ2) is 7.75. The van der Waals surface area contributed by atoms with Crippen molar-refractivity contribution in [2.24, 2.45) is 0 Å². The van der Waals surface area contributed by atoms with Crippen LogP contribution in [0.2, 0.25) is 0 Å². The van der Waals surface area contributed by atoms with Crippen LogP contribution in [-0.4, -0.2) is 28.5 Å². The van der Waals surface area contributed by atoms with Crippen LogP contribution in [0.3, 0.4) is 0 Å². The van der Waals surface area contributed by atoms with Crippen LogP contribution in [0.1, 0.15) is 25.5 Å². The van der Waals surface area contributed by atoms with Gasteiger partial charge in [-0.3, -0.25) is 14.9 Å². The molecule has 0 saturated heterocycles. The molecule has 0 aliphatic rings. The Morgan fingerprint density at radius 3 is 2.73 bits per heavy atom. The van der Waals surface area contributed by atoms with Gasteiger partial charge in [0.1, 0.15) is 6.10 Å². The first-order valence-corrected chi connectivity index (χ1v) is 6.27. The summed E-state index contributed by atoms with van der Waals surface area (Å²) in [7, 11) is 0. The Labute approximate surface area is 126 Å². The first-order valence-electron chi connectivity index (χ1n) is 6.27. The van der Waals surface area contributed by atoms with Gasteiger partial charge in [0.25, 0.3) is 5.69 Å². The van der Waals surface area contributed by atoms with Crippen molar-refractivity contribution >= 4 is 23.3 Å². The minimum atomic E-state index is -1.53. The van der Waals surface area contributed by atoms with Gasteiger partial charge in [0.15, 0.2) is 0 Å². The number of carbonyl (C=O) groups is 2. The quantitative estimate of drug-likeness (QED) is 0.283. The summed E-state index contributed by atoms with van der Waals surface area (Å²) in [4.78, 5) is 32.4. The largest absolute Gasteiger partial charge is 0.456 e. The molecule has 0 spiro atoms. The van der Waals surface area contributed by atoms with E-state index < -0.39 is 22.7 Å². The molecule has 1 atom stereocenters. The Bertz CT molecular complexity index is 659. The van der Waals surface area contributed by atoms with Gasteiger partial charge < -0.3 is 15.2 Å². The summed E-state index contributed by atoms with van der Waals surface area (Å²) in [5, 5.41) is 23.3. The highest BCUT2D eigenvalue weighted by atomic mass is 16.6. The van der Waals surface area contributed by atoms with Gasteiger partial charge in [-0.25, -0.2) is 4.79 Å². The number of nitrogens with one attached hydrogen (secondary N) is 1. The molecule has 0 aromatic heterocycles. The molecule has 1 amide bonds. The predicted molar refractivity (Wildman–Crippen MR) is 76.8 cm³/mol. The fraction of sp³-hybridized carbons (Fsp3) is 0.286. The second-order valence-corrected chi connectivity index (χ2v) is 4.10. The maximum atomic E-state index is 11.1. The molecule has 0 heterocycles.